The van der Waals surface area contributed by atoms with Crippen LogP contribution in [0.15, 0.2) is 23.1 Å². The Morgan fingerprint density at radius 2 is 1.89 bits per heavy atom. The third-order valence-corrected chi connectivity index (χ3v) is 7.00. The third kappa shape index (κ3) is 3.80. The summed E-state index contributed by atoms with van der Waals surface area (Å²) in [5, 5.41) is 0. The van der Waals surface area contributed by atoms with Crippen LogP contribution in [-0.2, 0) is 30.8 Å². The van der Waals surface area contributed by atoms with Gasteiger partial charge in [0.05, 0.1) is 4.90 Å². The Morgan fingerprint density at radius 1 is 1.21 bits per heavy atom. The average molecular weight is 409 g/mol. The lowest BCUT2D eigenvalue weighted by Gasteiger charge is -2.27. The topological polar surface area (TPSA) is 84.0 Å². The maximum absolute atomic E-state index is 13.2. The van der Waals surface area contributed by atoms with Gasteiger partial charge in [-0.2, -0.15) is 4.31 Å². The van der Waals surface area contributed by atoms with Gasteiger partial charge in [-0.1, -0.05) is 0 Å². The van der Waals surface area contributed by atoms with E-state index in [-0.39, 0.29) is 16.8 Å². The number of hydrogen-bond donors (Lipinski definition) is 0. The first-order chi connectivity index (χ1) is 12.9. The van der Waals surface area contributed by atoms with Crippen molar-refractivity contribution in [2.45, 2.75) is 76.5 Å². The summed E-state index contributed by atoms with van der Waals surface area (Å²) in [4.78, 5) is 26.3. The first-order valence-electron chi connectivity index (χ1n) is 9.59. The number of rotatable bonds is 3. The van der Waals surface area contributed by atoms with E-state index in [0.717, 1.165) is 11.3 Å². The van der Waals surface area contributed by atoms with Crippen LogP contribution in [0, 0.1) is 0 Å². The second kappa shape index (κ2) is 7.15. The smallest absolute Gasteiger partial charge is 0.324 e. The van der Waals surface area contributed by atoms with Crippen molar-refractivity contribution in [3.63, 3.8) is 0 Å². The molecule has 2 aliphatic heterocycles. The highest BCUT2D eigenvalue weighted by Crippen LogP contribution is 2.36. The van der Waals surface area contributed by atoms with Crippen molar-refractivity contribution in [1.82, 2.24) is 4.31 Å². The molecule has 0 unspecified atom stereocenters. The Balaban J connectivity index is 1.90. The fourth-order valence-electron chi connectivity index (χ4n) is 4.02. The molecule has 1 saturated heterocycles. The minimum Gasteiger partial charge on any atom is -0.459 e. The standard InChI is InChI=1S/C20H28N2O5S/c1-13-11-15-12-16(8-9-17(15)22(13)14(2)23)28(25,26)21-10-6-7-18(21)19(24)27-20(3,4)5/h8-9,12-13,18H,6-7,10-11H2,1-5H3/t13-,18+/m0/s1. The summed E-state index contributed by atoms with van der Waals surface area (Å²) in [6.07, 6.45) is 1.67. The van der Waals surface area contributed by atoms with Crippen LogP contribution in [0.25, 0.3) is 0 Å². The van der Waals surface area contributed by atoms with Gasteiger partial charge in [-0.15, -0.1) is 0 Å². The fraction of sp³-hybridized carbons (Fsp3) is 0.600. The summed E-state index contributed by atoms with van der Waals surface area (Å²) in [5.74, 6) is -0.572. The molecule has 154 valence electrons. The van der Waals surface area contributed by atoms with Crippen LogP contribution in [0.3, 0.4) is 0 Å². The molecule has 1 aromatic rings. The maximum atomic E-state index is 13.2. The Hall–Kier alpha value is -1.93. The van der Waals surface area contributed by atoms with E-state index in [2.05, 4.69) is 0 Å². The number of ether oxygens (including phenoxy) is 1. The second-order valence-corrected chi connectivity index (χ2v) is 10.4. The molecule has 0 bridgehead atoms. The van der Waals surface area contributed by atoms with Crippen molar-refractivity contribution in [3.05, 3.63) is 23.8 Å². The number of fused-ring (bicyclic) bond motifs is 1. The van der Waals surface area contributed by atoms with Crippen molar-refractivity contribution in [3.8, 4) is 0 Å². The molecule has 0 aliphatic carbocycles. The van der Waals surface area contributed by atoms with Crippen LogP contribution >= 0.6 is 0 Å². The fourth-order valence-corrected chi connectivity index (χ4v) is 5.71. The zero-order valence-corrected chi connectivity index (χ0v) is 17.9. The Morgan fingerprint density at radius 3 is 2.50 bits per heavy atom. The molecule has 2 atom stereocenters. The molecule has 0 aromatic heterocycles. The van der Waals surface area contributed by atoms with Crippen molar-refractivity contribution in [2.75, 3.05) is 11.4 Å². The molecule has 0 saturated carbocycles. The van der Waals surface area contributed by atoms with Crippen LogP contribution in [0.2, 0.25) is 0 Å². The van der Waals surface area contributed by atoms with Gasteiger partial charge in [-0.3, -0.25) is 9.59 Å². The van der Waals surface area contributed by atoms with Gasteiger partial charge in [-0.25, -0.2) is 8.42 Å². The first kappa shape index (κ1) is 20.8. The van der Waals surface area contributed by atoms with Crippen LogP contribution < -0.4 is 4.90 Å². The predicted molar refractivity (Wildman–Crippen MR) is 106 cm³/mol. The van der Waals surface area contributed by atoms with Gasteiger partial charge in [0, 0.05) is 25.2 Å². The molecule has 2 heterocycles. The number of esters is 1. The number of carbonyl (C=O) groups is 2. The van der Waals surface area contributed by atoms with E-state index >= 15 is 0 Å². The van der Waals surface area contributed by atoms with E-state index in [1.807, 2.05) is 6.92 Å². The highest BCUT2D eigenvalue weighted by Gasteiger charge is 2.42. The zero-order valence-electron chi connectivity index (χ0n) is 17.1. The van der Waals surface area contributed by atoms with Crippen molar-refractivity contribution in [2.24, 2.45) is 0 Å². The quantitative estimate of drug-likeness (QED) is 0.718. The molecule has 2 aliphatic rings. The second-order valence-electron chi connectivity index (χ2n) is 8.54. The van der Waals surface area contributed by atoms with Crippen molar-refractivity contribution < 1.29 is 22.7 Å². The zero-order chi connectivity index (χ0) is 20.9. The molecule has 1 aromatic carbocycles. The van der Waals surface area contributed by atoms with Gasteiger partial charge in [0.15, 0.2) is 0 Å². The van der Waals surface area contributed by atoms with E-state index in [0.29, 0.717) is 25.8 Å². The lowest BCUT2D eigenvalue weighted by Crippen LogP contribution is -2.43. The van der Waals surface area contributed by atoms with Crippen molar-refractivity contribution in [1.29, 1.82) is 0 Å². The highest BCUT2D eigenvalue weighted by molar-refractivity contribution is 7.89. The number of nitrogens with zero attached hydrogens (tertiary/aromatic N) is 2. The van der Waals surface area contributed by atoms with Gasteiger partial charge in [0.1, 0.15) is 11.6 Å². The SMILES string of the molecule is CC(=O)N1c2ccc(S(=O)(=O)N3CCC[C@@H]3C(=O)OC(C)(C)C)cc2C[C@@H]1C. The summed E-state index contributed by atoms with van der Waals surface area (Å²) in [6.45, 7) is 9.03. The molecule has 28 heavy (non-hydrogen) atoms. The Labute approximate surface area is 166 Å². The van der Waals surface area contributed by atoms with Crippen LogP contribution in [0.5, 0.6) is 0 Å². The Bertz CT molecular complexity index is 904. The number of sulfonamides is 1. The number of hydrogen-bond acceptors (Lipinski definition) is 5. The number of anilines is 1. The van der Waals surface area contributed by atoms with Gasteiger partial charge in [-0.05, 0) is 70.7 Å². The highest BCUT2D eigenvalue weighted by atomic mass is 32.2. The van der Waals surface area contributed by atoms with E-state index in [9.17, 15) is 18.0 Å². The van der Waals surface area contributed by atoms with Crippen molar-refractivity contribution >= 4 is 27.6 Å². The number of benzene rings is 1. The normalized spacial score (nSPS) is 23.0. The third-order valence-electron chi connectivity index (χ3n) is 5.09. The maximum Gasteiger partial charge on any atom is 0.324 e. The average Bonchev–Trinajstić information content (AvgIpc) is 3.16. The molecule has 1 amide bonds. The summed E-state index contributed by atoms with van der Waals surface area (Å²) in [5.41, 5.74) is 0.912. The summed E-state index contributed by atoms with van der Waals surface area (Å²) >= 11 is 0. The predicted octanol–water partition coefficient (Wildman–Crippen LogP) is 2.48. The van der Waals surface area contributed by atoms with E-state index in [1.54, 1.807) is 37.8 Å². The first-order valence-corrected chi connectivity index (χ1v) is 11.0. The molecule has 7 nitrogen and oxygen atoms in total. The number of amides is 1. The summed E-state index contributed by atoms with van der Waals surface area (Å²) in [7, 11) is -3.84. The molecule has 1 fully saturated rings. The van der Waals surface area contributed by atoms with E-state index < -0.39 is 27.6 Å². The summed E-state index contributed by atoms with van der Waals surface area (Å²) in [6, 6.07) is 4.03. The van der Waals surface area contributed by atoms with E-state index in [1.165, 1.54) is 17.3 Å². The van der Waals surface area contributed by atoms with Crippen LogP contribution in [0.4, 0.5) is 5.69 Å². The summed E-state index contributed by atoms with van der Waals surface area (Å²) < 4.78 is 33.2. The lowest BCUT2D eigenvalue weighted by atomic mass is 10.1. The number of carbonyl (C=O) groups excluding carboxylic acids is 2. The molecule has 0 radical (unpaired) electrons. The van der Waals surface area contributed by atoms with E-state index in [4.69, 9.17) is 4.74 Å². The Kier molecular flexibility index (Phi) is 5.31. The lowest BCUT2D eigenvalue weighted by molar-refractivity contribution is -0.158. The molecule has 0 spiro atoms. The van der Waals surface area contributed by atoms with Crippen LogP contribution in [-0.4, -0.2) is 48.8 Å². The molecule has 0 N–H and O–H groups in total. The minimum absolute atomic E-state index is 0.00764. The largest absolute Gasteiger partial charge is 0.459 e. The van der Waals surface area contributed by atoms with Gasteiger partial charge in [0.2, 0.25) is 15.9 Å². The molecule has 3 rings (SSSR count). The molecule has 8 heteroatoms. The van der Waals surface area contributed by atoms with Gasteiger partial charge >= 0.3 is 5.97 Å². The monoisotopic (exact) mass is 408 g/mol. The van der Waals surface area contributed by atoms with Gasteiger partial charge in [0.25, 0.3) is 0 Å². The molecular weight excluding hydrogens is 380 g/mol. The van der Waals surface area contributed by atoms with Crippen LogP contribution in [0.1, 0.15) is 53.0 Å². The van der Waals surface area contributed by atoms with Gasteiger partial charge < -0.3 is 9.64 Å². The molecular formula is C20H28N2O5S. The minimum atomic E-state index is -3.84.